The van der Waals surface area contributed by atoms with Gasteiger partial charge < -0.3 is 10.6 Å². The number of thioether (sulfide) groups is 1. The van der Waals surface area contributed by atoms with Crippen molar-refractivity contribution in [3.63, 3.8) is 0 Å². The summed E-state index contributed by atoms with van der Waals surface area (Å²) in [6.07, 6.45) is 0. The molecule has 0 radical (unpaired) electrons. The molecular weight excluding hydrogens is 518 g/mol. The Morgan fingerprint density at radius 1 is 0.789 bits per heavy atom. The highest BCUT2D eigenvalue weighted by Gasteiger charge is 2.13. The highest BCUT2D eigenvalue weighted by Crippen LogP contribution is 2.28. The van der Waals surface area contributed by atoms with Gasteiger partial charge in [0.2, 0.25) is 0 Å². The Morgan fingerprint density at radius 2 is 1.45 bits per heavy atom. The molecule has 0 unspecified atom stereocenters. The zero-order valence-electron chi connectivity index (χ0n) is 19.9. The molecule has 8 nitrogen and oxygen atoms in total. The van der Waals surface area contributed by atoms with Crippen molar-refractivity contribution in [2.45, 2.75) is 4.90 Å². The average Bonchev–Trinajstić information content (AvgIpc) is 2.95. The molecule has 0 atom stereocenters. The first kappa shape index (κ1) is 26.2. The van der Waals surface area contributed by atoms with Gasteiger partial charge in [0.1, 0.15) is 17.7 Å². The van der Waals surface area contributed by atoms with E-state index in [-0.39, 0.29) is 11.4 Å². The summed E-state index contributed by atoms with van der Waals surface area (Å²) in [5.41, 5.74) is 2.92. The number of carbonyl (C=O) groups excluding carboxylic acids is 1. The summed E-state index contributed by atoms with van der Waals surface area (Å²) in [4.78, 5) is 13.6. The summed E-state index contributed by atoms with van der Waals surface area (Å²) in [6, 6.07) is 30.6. The second kappa shape index (κ2) is 12.9. The molecule has 0 aliphatic rings. The van der Waals surface area contributed by atoms with Crippen LogP contribution in [0.3, 0.4) is 0 Å². The Kier molecular flexibility index (Phi) is 8.93. The monoisotopic (exact) mass is 537 g/mol. The van der Waals surface area contributed by atoms with Crippen molar-refractivity contribution in [2.24, 2.45) is 0 Å². The maximum absolute atomic E-state index is 12.7. The standard InChI is InChI=1S/C28H20ClN7OS/c29-21-10-12-22(13-11-21)38-18-26(20(16-30)17-31)32-24-8-4-5-9-25(24)33-28(37)34-27-15-14-23(35-36-27)19-6-2-1-3-7-19/h1-15,32H,18H2,(H2,33,34,36,37). The molecule has 2 amide bonds. The summed E-state index contributed by atoms with van der Waals surface area (Å²) in [5.74, 6) is 0.603. The SMILES string of the molecule is N#CC(C#N)=C(CSc1ccc(Cl)cc1)Nc1ccccc1NC(=O)Nc1ccc(-c2ccccc2)nn1. The van der Waals surface area contributed by atoms with Crippen molar-refractivity contribution in [1.29, 1.82) is 10.5 Å². The lowest BCUT2D eigenvalue weighted by Crippen LogP contribution is -2.21. The first-order valence-corrected chi connectivity index (χ1v) is 12.7. The highest BCUT2D eigenvalue weighted by molar-refractivity contribution is 7.99. The van der Waals surface area contributed by atoms with Gasteiger partial charge >= 0.3 is 6.03 Å². The van der Waals surface area contributed by atoms with Gasteiger partial charge in [-0.05, 0) is 48.5 Å². The Hall–Kier alpha value is -4.83. The molecule has 4 aromatic rings. The fourth-order valence-electron chi connectivity index (χ4n) is 3.31. The number of halogens is 1. The van der Waals surface area contributed by atoms with Crippen molar-refractivity contribution >= 4 is 46.6 Å². The van der Waals surface area contributed by atoms with Crippen LogP contribution in [-0.2, 0) is 0 Å². The van der Waals surface area contributed by atoms with Crippen LogP contribution in [0.2, 0.25) is 5.02 Å². The predicted octanol–water partition coefficient (Wildman–Crippen LogP) is 6.95. The number of benzene rings is 3. The maximum Gasteiger partial charge on any atom is 0.324 e. The number of anilines is 3. The first-order valence-electron chi connectivity index (χ1n) is 11.3. The number of aromatic nitrogens is 2. The number of nitrogens with zero attached hydrogens (tertiary/aromatic N) is 4. The van der Waals surface area contributed by atoms with Crippen LogP contribution in [0.25, 0.3) is 11.3 Å². The van der Waals surface area contributed by atoms with E-state index in [4.69, 9.17) is 11.6 Å². The van der Waals surface area contributed by atoms with E-state index in [1.165, 1.54) is 11.8 Å². The van der Waals surface area contributed by atoms with E-state index in [1.54, 1.807) is 48.5 Å². The lowest BCUT2D eigenvalue weighted by atomic mass is 10.1. The third kappa shape index (κ3) is 7.11. The van der Waals surface area contributed by atoms with Gasteiger partial charge in [-0.15, -0.1) is 22.0 Å². The van der Waals surface area contributed by atoms with Crippen LogP contribution in [0.4, 0.5) is 22.0 Å². The predicted molar refractivity (Wildman–Crippen MR) is 151 cm³/mol. The molecule has 3 N–H and O–H groups in total. The van der Waals surface area contributed by atoms with Gasteiger partial charge in [0.25, 0.3) is 0 Å². The Bertz CT molecular complexity index is 1510. The Labute approximate surface area is 229 Å². The van der Waals surface area contributed by atoms with Crippen molar-refractivity contribution in [3.05, 3.63) is 107 Å². The molecule has 4 rings (SSSR count). The normalized spacial score (nSPS) is 9.97. The molecule has 0 saturated heterocycles. The summed E-state index contributed by atoms with van der Waals surface area (Å²) in [6.45, 7) is 0. The van der Waals surface area contributed by atoms with E-state index in [1.807, 2.05) is 54.6 Å². The fourth-order valence-corrected chi connectivity index (χ4v) is 4.29. The van der Waals surface area contributed by atoms with Crippen LogP contribution in [-0.4, -0.2) is 22.0 Å². The number of para-hydroxylation sites is 2. The number of nitrogens with one attached hydrogen (secondary N) is 3. The van der Waals surface area contributed by atoms with Crippen molar-refractivity contribution in [2.75, 3.05) is 21.7 Å². The van der Waals surface area contributed by atoms with Gasteiger partial charge in [-0.2, -0.15) is 10.5 Å². The number of urea groups is 1. The molecule has 10 heteroatoms. The molecule has 0 aliphatic carbocycles. The zero-order chi connectivity index (χ0) is 26.7. The summed E-state index contributed by atoms with van der Waals surface area (Å²) in [5, 5.41) is 36.4. The molecule has 0 saturated carbocycles. The number of amides is 2. The number of rotatable bonds is 8. The molecule has 3 aromatic carbocycles. The minimum absolute atomic E-state index is 0.0560. The van der Waals surface area contributed by atoms with E-state index in [0.29, 0.717) is 33.5 Å². The topological polar surface area (TPSA) is 127 Å². The van der Waals surface area contributed by atoms with E-state index < -0.39 is 6.03 Å². The molecule has 0 aliphatic heterocycles. The van der Waals surface area contributed by atoms with Crippen molar-refractivity contribution < 1.29 is 4.79 Å². The van der Waals surface area contributed by atoms with Crippen LogP contribution in [0.5, 0.6) is 0 Å². The minimum atomic E-state index is -0.525. The number of allylic oxidation sites excluding steroid dienone is 1. The number of nitriles is 2. The van der Waals surface area contributed by atoms with Crippen LogP contribution in [0.1, 0.15) is 0 Å². The molecule has 0 bridgehead atoms. The number of hydrogen-bond donors (Lipinski definition) is 3. The Morgan fingerprint density at radius 3 is 2.08 bits per heavy atom. The lowest BCUT2D eigenvalue weighted by molar-refractivity contribution is 0.262. The fraction of sp³-hybridized carbons (Fsp3) is 0.0357. The zero-order valence-corrected chi connectivity index (χ0v) is 21.4. The first-order chi connectivity index (χ1) is 18.6. The van der Waals surface area contributed by atoms with Crippen LogP contribution in [0, 0.1) is 22.7 Å². The van der Waals surface area contributed by atoms with Crippen molar-refractivity contribution in [1.82, 2.24) is 10.2 Å². The third-order valence-electron chi connectivity index (χ3n) is 5.16. The minimum Gasteiger partial charge on any atom is -0.355 e. The molecule has 1 aromatic heterocycles. The van der Waals surface area contributed by atoms with Gasteiger partial charge in [-0.25, -0.2) is 4.79 Å². The van der Waals surface area contributed by atoms with Gasteiger partial charge in [0.15, 0.2) is 5.82 Å². The van der Waals surface area contributed by atoms with Gasteiger partial charge in [-0.3, -0.25) is 5.32 Å². The third-order valence-corrected chi connectivity index (χ3v) is 6.45. The number of carbonyl (C=O) groups is 1. The largest absolute Gasteiger partial charge is 0.355 e. The van der Waals surface area contributed by atoms with E-state index in [2.05, 4.69) is 26.1 Å². The van der Waals surface area contributed by atoms with Crippen LogP contribution in [0.15, 0.2) is 107 Å². The molecule has 186 valence electrons. The Balaban J connectivity index is 1.45. The van der Waals surface area contributed by atoms with E-state index in [9.17, 15) is 15.3 Å². The summed E-state index contributed by atoms with van der Waals surface area (Å²) in [7, 11) is 0. The van der Waals surface area contributed by atoms with E-state index >= 15 is 0 Å². The second-order valence-corrected chi connectivity index (χ2v) is 9.22. The molecule has 38 heavy (non-hydrogen) atoms. The quantitative estimate of drug-likeness (QED) is 0.164. The van der Waals surface area contributed by atoms with Crippen molar-refractivity contribution in [3.8, 4) is 23.4 Å². The smallest absolute Gasteiger partial charge is 0.324 e. The average molecular weight is 538 g/mol. The van der Waals surface area contributed by atoms with Crippen LogP contribution < -0.4 is 16.0 Å². The van der Waals surface area contributed by atoms with E-state index in [0.717, 1.165) is 10.5 Å². The number of hydrogen-bond acceptors (Lipinski definition) is 7. The molecule has 0 fully saturated rings. The maximum atomic E-state index is 12.7. The van der Waals surface area contributed by atoms with Gasteiger partial charge in [0, 0.05) is 21.2 Å². The highest BCUT2D eigenvalue weighted by atomic mass is 35.5. The van der Waals surface area contributed by atoms with Gasteiger partial charge in [0.05, 0.1) is 22.8 Å². The molecule has 1 heterocycles. The second-order valence-electron chi connectivity index (χ2n) is 7.74. The van der Waals surface area contributed by atoms with Gasteiger partial charge in [-0.1, -0.05) is 54.1 Å². The molecule has 0 spiro atoms. The van der Waals surface area contributed by atoms with Crippen LogP contribution >= 0.6 is 23.4 Å². The molecular formula is C28H20ClN7OS. The summed E-state index contributed by atoms with van der Waals surface area (Å²) < 4.78 is 0. The summed E-state index contributed by atoms with van der Waals surface area (Å²) >= 11 is 7.40. The lowest BCUT2D eigenvalue weighted by Gasteiger charge is -2.16.